The fourth-order valence-corrected chi connectivity index (χ4v) is 1.99. The molecule has 0 aliphatic heterocycles. The lowest BCUT2D eigenvalue weighted by Gasteiger charge is -2.09. The molecule has 0 saturated heterocycles. The van der Waals surface area contributed by atoms with Crippen molar-refractivity contribution < 1.29 is 14.3 Å². The number of hydrogen-bond acceptors (Lipinski definition) is 3. The minimum atomic E-state index is -1.00. The third-order valence-electron chi connectivity index (χ3n) is 2.22. The van der Waals surface area contributed by atoms with Crippen molar-refractivity contribution in [3.63, 3.8) is 0 Å². The van der Waals surface area contributed by atoms with E-state index in [2.05, 4.69) is 0 Å². The van der Waals surface area contributed by atoms with Crippen molar-refractivity contribution in [3.8, 4) is 11.5 Å². The van der Waals surface area contributed by atoms with Crippen LogP contribution >= 0.6 is 46.4 Å². The smallest absolute Gasteiger partial charge is 0.393 e. The molecule has 0 heterocycles. The van der Waals surface area contributed by atoms with E-state index >= 15 is 0 Å². The Morgan fingerprint density at radius 3 is 1.55 bits per heavy atom. The van der Waals surface area contributed by atoms with Crippen LogP contribution in [-0.4, -0.2) is 6.16 Å². The molecule has 104 valence electrons. The molecule has 3 nitrogen and oxygen atoms in total. The highest BCUT2D eigenvalue weighted by atomic mass is 35.5. The van der Waals surface area contributed by atoms with E-state index in [9.17, 15) is 4.79 Å². The first-order valence-electron chi connectivity index (χ1n) is 5.26. The third kappa shape index (κ3) is 3.49. The van der Waals surface area contributed by atoms with Crippen LogP contribution in [0.25, 0.3) is 0 Å². The van der Waals surface area contributed by atoms with Crippen LogP contribution in [0.15, 0.2) is 36.4 Å². The number of halogens is 4. The number of hydrogen-bond donors (Lipinski definition) is 0. The highest BCUT2D eigenvalue weighted by Crippen LogP contribution is 2.33. The molecular weight excluding hydrogens is 346 g/mol. The molecule has 2 aromatic carbocycles. The Hall–Kier alpha value is -1.13. The van der Waals surface area contributed by atoms with E-state index in [0.29, 0.717) is 0 Å². The van der Waals surface area contributed by atoms with Crippen LogP contribution in [0.3, 0.4) is 0 Å². The maximum atomic E-state index is 11.7. The van der Waals surface area contributed by atoms with Gasteiger partial charge in [0.15, 0.2) is 11.5 Å². The summed E-state index contributed by atoms with van der Waals surface area (Å²) in [4.78, 5) is 11.7. The Morgan fingerprint density at radius 1 is 0.750 bits per heavy atom. The largest absolute Gasteiger partial charge is 0.519 e. The van der Waals surface area contributed by atoms with E-state index in [1.165, 1.54) is 12.1 Å². The molecule has 0 aliphatic carbocycles. The summed E-state index contributed by atoms with van der Waals surface area (Å²) in [6.07, 6.45) is -1.00. The standard InChI is InChI=1S/C13H6Cl4O3/c14-7-3-1-5-9(11(7)16)19-13(18)20-10-6-2-4-8(15)12(10)17/h1-6H. The Bertz CT molecular complexity index is 603. The highest BCUT2D eigenvalue weighted by molar-refractivity contribution is 6.43. The summed E-state index contributed by atoms with van der Waals surface area (Å²) in [5.41, 5.74) is 0. The predicted octanol–water partition coefficient (Wildman–Crippen LogP) is 5.88. The fourth-order valence-electron chi connectivity index (χ4n) is 1.33. The van der Waals surface area contributed by atoms with Crippen molar-refractivity contribution in [1.82, 2.24) is 0 Å². The first-order chi connectivity index (χ1) is 9.49. The van der Waals surface area contributed by atoms with Gasteiger partial charge in [-0.1, -0.05) is 58.5 Å². The maximum Gasteiger partial charge on any atom is 0.519 e. The van der Waals surface area contributed by atoms with Crippen LogP contribution in [0.5, 0.6) is 11.5 Å². The first kappa shape index (κ1) is 15.3. The Labute approximate surface area is 134 Å². The van der Waals surface area contributed by atoms with Crippen molar-refractivity contribution in [2.24, 2.45) is 0 Å². The molecule has 0 aliphatic rings. The summed E-state index contributed by atoms with van der Waals surface area (Å²) in [7, 11) is 0. The molecule has 0 spiro atoms. The SMILES string of the molecule is O=C(Oc1cccc(Cl)c1Cl)Oc1cccc(Cl)c1Cl. The topological polar surface area (TPSA) is 35.5 Å². The molecule has 0 aromatic heterocycles. The molecule has 0 atom stereocenters. The van der Waals surface area contributed by atoms with E-state index in [1.54, 1.807) is 24.3 Å². The second kappa shape index (κ2) is 6.55. The monoisotopic (exact) mass is 350 g/mol. The third-order valence-corrected chi connectivity index (χ3v) is 3.82. The maximum absolute atomic E-state index is 11.7. The van der Waals surface area contributed by atoms with E-state index in [-0.39, 0.29) is 31.6 Å². The molecule has 0 N–H and O–H groups in total. The van der Waals surface area contributed by atoms with Gasteiger partial charge in [-0.15, -0.1) is 0 Å². The zero-order valence-electron chi connectivity index (χ0n) is 9.70. The van der Waals surface area contributed by atoms with Gasteiger partial charge in [-0.2, -0.15) is 0 Å². The minimum absolute atomic E-state index is 0.0855. The number of carbonyl (C=O) groups is 1. The molecule has 2 rings (SSSR count). The predicted molar refractivity (Wildman–Crippen MR) is 79.6 cm³/mol. The molecule has 0 unspecified atom stereocenters. The molecule has 20 heavy (non-hydrogen) atoms. The highest BCUT2D eigenvalue weighted by Gasteiger charge is 2.15. The number of rotatable bonds is 2. The number of ether oxygens (including phenoxy) is 2. The summed E-state index contributed by atoms with van der Waals surface area (Å²) < 4.78 is 9.89. The van der Waals surface area contributed by atoms with E-state index in [4.69, 9.17) is 55.9 Å². The van der Waals surface area contributed by atoms with Crippen LogP contribution in [0.4, 0.5) is 4.79 Å². The van der Waals surface area contributed by atoms with Crippen LogP contribution in [0, 0.1) is 0 Å². The Morgan fingerprint density at radius 2 is 1.15 bits per heavy atom. The summed E-state index contributed by atoms with van der Waals surface area (Å²) in [5, 5.41) is 0.752. The molecule has 0 radical (unpaired) electrons. The van der Waals surface area contributed by atoms with Gasteiger partial charge in [0.2, 0.25) is 0 Å². The summed E-state index contributed by atoms with van der Waals surface area (Å²) in [6, 6.07) is 9.27. The van der Waals surface area contributed by atoms with Gasteiger partial charge in [0.1, 0.15) is 10.0 Å². The van der Waals surface area contributed by atoms with Gasteiger partial charge in [0, 0.05) is 0 Å². The van der Waals surface area contributed by atoms with Gasteiger partial charge in [-0.25, -0.2) is 4.79 Å². The lowest BCUT2D eigenvalue weighted by molar-refractivity contribution is 0.152. The molecule has 0 saturated carbocycles. The molecule has 0 fully saturated rings. The zero-order chi connectivity index (χ0) is 14.7. The summed E-state index contributed by atoms with van der Waals surface area (Å²) >= 11 is 23.4. The van der Waals surface area contributed by atoms with Gasteiger partial charge in [0.05, 0.1) is 10.0 Å². The molecule has 0 amide bonds. The van der Waals surface area contributed by atoms with Crippen LogP contribution in [-0.2, 0) is 0 Å². The van der Waals surface area contributed by atoms with Crippen LogP contribution in [0.1, 0.15) is 0 Å². The quantitative estimate of drug-likeness (QED) is 0.500. The molecular formula is C13H6Cl4O3. The molecule has 7 heteroatoms. The first-order valence-corrected chi connectivity index (χ1v) is 6.78. The van der Waals surface area contributed by atoms with Gasteiger partial charge in [0.25, 0.3) is 0 Å². The van der Waals surface area contributed by atoms with E-state index in [1.807, 2.05) is 0 Å². The number of benzene rings is 2. The minimum Gasteiger partial charge on any atom is -0.393 e. The van der Waals surface area contributed by atoms with Crippen molar-refractivity contribution in [1.29, 1.82) is 0 Å². The van der Waals surface area contributed by atoms with Crippen LogP contribution < -0.4 is 9.47 Å². The van der Waals surface area contributed by atoms with Crippen molar-refractivity contribution in [2.45, 2.75) is 0 Å². The van der Waals surface area contributed by atoms with E-state index < -0.39 is 6.16 Å². The van der Waals surface area contributed by atoms with Gasteiger partial charge >= 0.3 is 6.16 Å². The van der Waals surface area contributed by atoms with E-state index in [0.717, 1.165) is 0 Å². The van der Waals surface area contributed by atoms with Gasteiger partial charge in [-0.05, 0) is 24.3 Å². The van der Waals surface area contributed by atoms with Gasteiger partial charge in [-0.3, -0.25) is 0 Å². The Balaban J connectivity index is 2.13. The summed E-state index contributed by atoms with van der Waals surface area (Å²) in [6.45, 7) is 0. The average Bonchev–Trinajstić information content (AvgIpc) is 2.40. The fraction of sp³-hybridized carbons (Fsp3) is 0. The normalized spacial score (nSPS) is 10.2. The van der Waals surface area contributed by atoms with Crippen molar-refractivity contribution in [3.05, 3.63) is 56.5 Å². The summed E-state index contributed by atoms with van der Waals surface area (Å²) in [5.74, 6) is 0.171. The van der Waals surface area contributed by atoms with Crippen molar-refractivity contribution in [2.75, 3.05) is 0 Å². The van der Waals surface area contributed by atoms with Crippen molar-refractivity contribution >= 4 is 52.6 Å². The number of carbonyl (C=O) groups excluding carboxylic acids is 1. The zero-order valence-corrected chi connectivity index (χ0v) is 12.7. The molecule has 0 bridgehead atoms. The lowest BCUT2D eigenvalue weighted by atomic mass is 10.3. The second-order valence-corrected chi connectivity index (χ2v) is 5.13. The van der Waals surface area contributed by atoms with Gasteiger partial charge < -0.3 is 9.47 Å². The average molecular weight is 352 g/mol. The van der Waals surface area contributed by atoms with Crippen LogP contribution in [0.2, 0.25) is 20.1 Å². The molecule has 2 aromatic rings. The second-order valence-electron chi connectivity index (χ2n) is 3.56. The Kier molecular flexibility index (Phi) is 5.00. The lowest BCUT2D eigenvalue weighted by Crippen LogP contribution is -2.14.